The Labute approximate surface area is 221 Å². The number of nitrogens with one attached hydrogen (secondary N) is 1. The molecule has 192 valence electrons. The Morgan fingerprint density at radius 1 is 0.972 bits per heavy atom. The van der Waals surface area contributed by atoms with Crippen molar-refractivity contribution in [2.45, 2.75) is 50.7 Å². The minimum absolute atomic E-state index is 0.106. The van der Waals surface area contributed by atoms with Gasteiger partial charge in [-0.25, -0.2) is 8.42 Å². The Balaban J connectivity index is 1.85. The fraction of sp³-hybridized carbons (Fsp3) is 0.333. The fourth-order valence-corrected chi connectivity index (χ4v) is 5.14. The average molecular weight is 575 g/mol. The molecule has 0 saturated heterocycles. The minimum Gasteiger partial charge on any atom is -0.350 e. The second kappa shape index (κ2) is 11.1. The lowest BCUT2D eigenvalue weighted by molar-refractivity contribution is -0.141. The molecule has 9 heteroatoms. The van der Waals surface area contributed by atoms with E-state index >= 15 is 0 Å². The number of halogens is 1. The first-order chi connectivity index (χ1) is 16.8. The van der Waals surface area contributed by atoms with Gasteiger partial charge in [0.25, 0.3) is 0 Å². The maximum atomic E-state index is 13.5. The summed E-state index contributed by atoms with van der Waals surface area (Å²) in [6.45, 7) is 7.00. The lowest BCUT2D eigenvalue weighted by atomic mass is 10.1. The molecule has 1 unspecified atom stereocenters. The van der Waals surface area contributed by atoms with Crippen LogP contribution in [-0.4, -0.2) is 54.6 Å². The molecule has 3 aromatic rings. The van der Waals surface area contributed by atoms with Gasteiger partial charge in [-0.15, -0.1) is 0 Å². The van der Waals surface area contributed by atoms with Gasteiger partial charge in [-0.3, -0.25) is 9.59 Å². The molecule has 0 radical (unpaired) electrons. The summed E-state index contributed by atoms with van der Waals surface area (Å²) in [5, 5.41) is 4.62. The number of carbonyl (C=O) groups is 2. The van der Waals surface area contributed by atoms with Crippen LogP contribution in [0.4, 0.5) is 0 Å². The molecule has 0 saturated carbocycles. The maximum absolute atomic E-state index is 13.5. The van der Waals surface area contributed by atoms with Crippen molar-refractivity contribution in [2.24, 2.45) is 0 Å². The lowest BCUT2D eigenvalue weighted by Crippen LogP contribution is -2.54. The molecule has 2 amide bonds. The van der Waals surface area contributed by atoms with Gasteiger partial charge >= 0.3 is 0 Å². The summed E-state index contributed by atoms with van der Waals surface area (Å²) >= 11 is 3.40. The maximum Gasteiger partial charge on any atom is 0.243 e. The molecule has 0 aliphatic carbocycles. The van der Waals surface area contributed by atoms with E-state index < -0.39 is 34.1 Å². The number of hydrogen-bond acceptors (Lipinski definition) is 4. The number of nitrogens with zero attached hydrogens (tertiary/aromatic N) is 2. The molecule has 0 aliphatic heterocycles. The number of benzene rings is 3. The second-order valence-electron chi connectivity index (χ2n) is 9.83. The third-order valence-corrected chi connectivity index (χ3v) is 8.05. The average Bonchev–Trinajstić information content (AvgIpc) is 2.81. The zero-order valence-electron chi connectivity index (χ0n) is 21.2. The Morgan fingerprint density at radius 3 is 2.19 bits per heavy atom. The minimum atomic E-state index is -3.93. The molecule has 0 aliphatic rings. The van der Waals surface area contributed by atoms with E-state index in [1.54, 1.807) is 19.1 Å². The smallest absolute Gasteiger partial charge is 0.243 e. The number of carbonyl (C=O) groups excluding carboxylic acids is 2. The normalized spacial score (nSPS) is 13.0. The van der Waals surface area contributed by atoms with E-state index in [0.717, 1.165) is 25.1 Å². The molecule has 0 spiro atoms. The van der Waals surface area contributed by atoms with Crippen molar-refractivity contribution in [3.8, 4) is 0 Å². The van der Waals surface area contributed by atoms with Crippen LogP contribution < -0.4 is 5.32 Å². The van der Waals surface area contributed by atoms with Gasteiger partial charge in [-0.1, -0.05) is 58.4 Å². The summed E-state index contributed by atoms with van der Waals surface area (Å²) in [6, 6.07) is 19.0. The molecule has 0 aromatic heterocycles. The van der Waals surface area contributed by atoms with Gasteiger partial charge in [0.15, 0.2) is 0 Å². The third kappa shape index (κ3) is 6.93. The van der Waals surface area contributed by atoms with Crippen molar-refractivity contribution < 1.29 is 18.0 Å². The van der Waals surface area contributed by atoms with Crippen molar-refractivity contribution in [3.63, 3.8) is 0 Å². The van der Waals surface area contributed by atoms with E-state index in [2.05, 4.69) is 21.2 Å². The highest BCUT2D eigenvalue weighted by atomic mass is 79.9. The molecule has 1 atom stereocenters. The van der Waals surface area contributed by atoms with E-state index in [-0.39, 0.29) is 17.3 Å². The van der Waals surface area contributed by atoms with Crippen LogP contribution >= 0.6 is 15.9 Å². The van der Waals surface area contributed by atoms with Crippen molar-refractivity contribution in [1.29, 1.82) is 0 Å². The lowest BCUT2D eigenvalue weighted by Gasteiger charge is -2.32. The third-order valence-electron chi connectivity index (χ3n) is 5.72. The van der Waals surface area contributed by atoms with Gasteiger partial charge in [-0.2, -0.15) is 4.31 Å². The SMILES string of the molecule is CC(C(=O)NC(C)(C)C)N(Cc1ccc(Br)cc1)C(=O)CN(C)S(=O)(=O)c1ccc2ccccc2c1. The van der Waals surface area contributed by atoms with Crippen LogP contribution in [0.25, 0.3) is 10.8 Å². The zero-order valence-corrected chi connectivity index (χ0v) is 23.6. The first-order valence-corrected chi connectivity index (χ1v) is 13.8. The van der Waals surface area contributed by atoms with Crippen LogP contribution in [0.3, 0.4) is 0 Å². The van der Waals surface area contributed by atoms with Gasteiger partial charge in [0.2, 0.25) is 21.8 Å². The Bertz CT molecular complexity index is 1350. The summed E-state index contributed by atoms with van der Waals surface area (Å²) in [6.07, 6.45) is 0. The monoisotopic (exact) mass is 573 g/mol. The Kier molecular flexibility index (Phi) is 8.59. The molecule has 3 aromatic carbocycles. The topological polar surface area (TPSA) is 86.8 Å². The number of amides is 2. The quantitative estimate of drug-likeness (QED) is 0.428. The van der Waals surface area contributed by atoms with Crippen molar-refractivity contribution in [2.75, 3.05) is 13.6 Å². The largest absolute Gasteiger partial charge is 0.350 e. The molecular weight excluding hydrogens is 542 g/mol. The van der Waals surface area contributed by atoms with E-state index in [1.165, 1.54) is 18.0 Å². The second-order valence-corrected chi connectivity index (χ2v) is 12.8. The Hall–Kier alpha value is -2.75. The number of rotatable bonds is 8. The number of sulfonamides is 1. The highest BCUT2D eigenvalue weighted by Gasteiger charge is 2.31. The van der Waals surface area contributed by atoms with Gasteiger partial charge in [0.05, 0.1) is 11.4 Å². The highest BCUT2D eigenvalue weighted by molar-refractivity contribution is 9.10. The van der Waals surface area contributed by atoms with Crippen LogP contribution in [0.5, 0.6) is 0 Å². The summed E-state index contributed by atoms with van der Waals surface area (Å²) in [4.78, 5) is 27.9. The summed E-state index contributed by atoms with van der Waals surface area (Å²) in [5.41, 5.74) is 0.343. The summed E-state index contributed by atoms with van der Waals surface area (Å²) < 4.78 is 28.5. The first-order valence-electron chi connectivity index (χ1n) is 11.6. The van der Waals surface area contributed by atoms with Gasteiger partial charge in [0, 0.05) is 23.6 Å². The van der Waals surface area contributed by atoms with E-state index in [4.69, 9.17) is 0 Å². The van der Waals surface area contributed by atoms with Gasteiger partial charge in [-0.05, 0) is 68.3 Å². The van der Waals surface area contributed by atoms with Crippen LogP contribution in [0.15, 0.2) is 76.1 Å². The standard InChI is InChI=1S/C27H32BrN3O4S/c1-19(26(33)29-27(2,3)4)31(17-20-10-13-23(28)14-11-20)25(32)18-30(5)36(34,35)24-15-12-21-8-6-7-9-22(21)16-24/h6-16,19H,17-18H2,1-5H3,(H,29,33). The van der Waals surface area contributed by atoms with Crippen LogP contribution in [0.2, 0.25) is 0 Å². The number of hydrogen-bond donors (Lipinski definition) is 1. The fourth-order valence-electron chi connectivity index (χ4n) is 3.72. The Morgan fingerprint density at radius 2 is 1.58 bits per heavy atom. The van der Waals surface area contributed by atoms with Crippen LogP contribution in [0, 0.1) is 0 Å². The predicted octanol–water partition coefficient (Wildman–Crippen LogP) is 4.55. The molecule has 0 fully saturated rings. The molecule has 7 nitrogen and oxygen atoms in total. The van der Waals surface area contributed by atoms with Crippen molar-refractivity contribution >= 4 is 48.5 Å². The highest BCUT2D eigenvalue weighted by Crippen LogP contribution is 2.22. The van der Waals surface area contributed by atoms with Crippen molar-refractivity contribution in [1.82, 2.24) is 14.5 Å². The van der Waals surface area contributed by atoms with E-state index in [0.29, 0.717) is 0 Å². The van der Waals surface area contributed by atoms with E-state index in [9.17, 15) is 18.0 Å². The summed E-state index contributed by atoms with van der Waals surface area (Å²) in [7, 11) is -2.56. The molecule has 0 heterocycles. The molecule has 1 N–H and O–H groups in total. The molecule has 36 heavy (non-hydrogen) atoms. The van der Waals surface area contributed by atoms with Crippen LogP contribution in [0.1, 0.15) is 33.3 Å². The van der Waals surface area contributed by atoms with Crippen LogP contribution in [-0.2, 0) is 26.2 Å². The summed E-state index contributed by atoms with van der Waals surface area (Å²) in [5.74, 6) is -0.783. The van der Waals surface area contributed by atoms with Gasteiger partial charge in [0.1, 0.15) is 6.04 Å². The van der Waals surface area contributed by atoms with Crippen molar-refractivity contribution in [3.05, 3.63) is 76.8 Å². The first kappa shape index (κ1) is 27.8. The molecule has 3 rings (SSSR count). The zero-order chi connectivity index (χ0) is 26.7. The molecule has 0 bridgehead atoms. The number of fused-ring (bicyclic) bond motifs is 1. The predicted molar refractivity (Wildman–Crippen MR) is 146 cm³/mol. The van der Waals surface area contributed by atoms with Gasteiger partial charge < -0.3 is 10.2 Å². The van der Waals surface area contributed by atoms with E-state index in [1.807, 2.05) is 69.3 Å². The molecular formula is C27H32BrN3O4S. The number of likely N-dealkylation sites (N-methyl/N-ethyl adjacent to an activating group) is 1.